The van der Waals surface area contributed by atoms with Gasteiger partial charge >= 0.3 is 5.69 Å². The van der Waals surface area contributed by atoms with Crippen LogP contribution < -0.4 is 21.0 Å². The minimum Gasteiger partial charge on any atom is -0.809 e. The van der Waals surface area contributed by atoms with E-state index in [9.17, 15) is 39.3 Å². The second kappa shape index (κ2) is 5.98. The zero-order valence-corrected chi connectivity index (χ0v) is 13.0. The van der Waals surface area contributed by atoms with Crippen LogP contribution in [0, 0.1) is 0 Å². The van der Waals surface area contributed by atoms with Crippen LogP contribution in [-0.2, 0) is 9.30 Å². The molecular weight excluding hydrogens is 391 g/mol. The largest absolute Gasteiger partial charge is 0.809 e. The van der Waals surface area contributed by atoms with Crippen LogP contribution in [0.15, 0.2) is 20.3 Å². The number of hydrogen-bond donors (Lipinski definition) is 4. The molecule has 13 heteroatoms. The predicted octanol–water partition coefficient (Wildman–Crippen LogP) is -3.85. The fraction of sp³-hybridized carbons (Fsp3) is 0.556. The summed E-state index contributed by atoms with van der Waals surface area (Å²) in [6.45, 7) is 0. The number of H-pyrrole nitrogens is 1. The van der Waals surface area contributed by atoms with E-state index in [4.69, 9.17) is 4.74 Å². The highest BCUT2D eigenvalue weighted by Gasteiger charge is 2.48. The van der Waals surface area contributed by atoms with Crippen molar-refractivity contribution in [1.82, 2.24) is 9.55 Å². The third kappa shape index (κ3) is 3.09. The van der Waals surface area contributed by atoms with Crippen LogP contribution in [-0.4, -0.2) is 49.0 Å². The SMILES string of the molecule is O=c1[nH]c(=O)n([C@@H]2O[C@H](C(O)P(=O)([O-])[O-])[C@@H](O)[C@H]2O)cc1Br. The number of nitrogens with zero attached hydrogens (tertiary/aromatic N) is 1. The summed E-state index contributed by atoms with van der Waals surface area (Å²) in [4.78, 5) is 46.4. The molecule has 0 spiro atoms. The van der Waals surface area contributed by atoms with E-state index in [-0.39, 0.29) is 4.47 Å². The fourth-order valence-electron chi connectivity index (χ4n) is 1.99. The second-order valence-electron chi connectivity index (χ2n) is 4.57. The van der Waals surface area contributed by atoms with Crippen LogP contribution in [0.5, 0.6) is 0 Å². The van der Waals surface area contributed by atoms with Crippen molar-refractivity contribution in [2.24, 2.45) is 0 Å². The van der Waals surface area contributed by atoms with Gasteiger partial charge in [0.15, 0.2) is 6.23 Å². The Morgan fingerprint density at radius 1 is 1.36 bits per heavy atom. The van der Waals surface area contributed by atoms with Gasteiger partial charge in [-0.05, 0) is 23.5 Å². The third-order valence-corrected chi connectivity index (χ3v) is 4.60. The number of aromatic nitrogens is 2. The van der Waals surface area contributed by atoms with Crippen LogP contribution in [0.3, 0.4) is 0 Å². The second-order valence-corrected chi connectivity index (χ2v) is 7.03. The molecule has 1 unspecified atom stereocenters. The van der Waals surface area contributed by atoms with Gasteiger partial charge in [-0.1, -0.05) is 0 Å². The first-order valence-corrected chi connectivity index (χ1v) is 8.17. The molecule has 1 fully saturated rings. The molecule has 0 aromatic carbocycles. The Labute approximate surface area is 130 Å². The maximum atomic E-state index is 11.7. The van der Waals surface area contributed by atoms with E-state index >= 15 is 0 Å². The van der Waals surface area contributed by atoms with Crippen molar-refractivity contribution < 1.29 is 34.4 Å². The first-order chi connectivity index (χ1) is 10.0. The monoisotopic (exact) mass is 400 g/mol. The summed E-state index contributed by atoms with van der Waals surface area (Å²) in [7, 11) is -5.51. The summed E-state index contributed by atoms with van der Waals surface area (Å²) in [5.41, 5.74) is -1.76. The smallest absolute Gasteiger partial charge is 0.330 e. The average molecular weight is 401 g/mol. The molecule has 1 aliphatic rings. The lowest BCUT2D eigenvalue weighted by molar-refractivity contribution is -0.326. The number of hydrogen-bond acceptors (Lipinski definition) is 9. The first-order valence-electron chi connectivity index (χ1n) is 5.76. The zero-order valence-electron chi connectivity index (χ0n) is 10.5. The summed E-state index contributed by atoms with van der Waals surface area (Å²) in [5.74, 6) is -2.61. The van der Waals surface area contributed by atoms with E-state index in [1.54, 1.807) is 0 Å². The Balaban J connectivity index is 2.39. The van der Waals surface area contributed by atoms with E-state index in [0.29, 0.717) is 4.57 Å². The number of nitrogens with one attached hydrogen (secondary N) is 1. The summed E-state index contributed by atoms with van der Waals surface area (Å²) in [6.07, 6.45) is -6.36. The lowest BCUT2D eigenvalue weighted by atomic mass is 10.1. The molecule has 1 aromatic heterocycles. The summed E-state index contributed by atoms with van der Waals surface area (Å²) >= 11 is 2.84. The van der Waals surface area contributed by atoms with Crippen molar-refractivity contribution in [2.75, 3.05) is 0 Å². The van der Waals surface area contributed by atoms with Gasteiger partial charge in [-0.15, -0.1) is 0 Å². The van der Waals surface area contributed by atoms with Crippen molar-refractivity contribution >= 4 is 23.5 Å². The number of halogens is 1. The molecule has 0 radical (unpaired) electrons. The number of aliphatic hydroxyl groups is 3. The van der Waals surface area contributed by atoms with Gasteiger partial charge in [-0.2, -0.15) is 0 Å². The van der Waals surface area contributed by atoms with Crippen LogP contribution >= 0.6 is 23.5 Å². The molecule has 1 aromatic rings. The van der Waals surface area contributed by atoms with Gasteiger partial charge in [0.1, 0.15) is 24.2 Å². The number of aliphatic hydroxyl groups excluding tert-OH is 3. The number of ether oxygens (including phenoxy) is 1. The Morgan fingerprint density at radius 2 is 1.95 bits per heavy atom. The number of aromatic amines is 1. The molecule has 124 valence electrons. The minimum atomic E-state index is -5.51. The van der Waals surface area contributed by atoms with Crippen LogP contribution in [0.2, 0.25) is 0 Å². The standard InChI is InChI=1S/C9H12BrN2O9P/c10-2-1-12(9(17)11-6(2)15)7-4(14)3(13)5(21-7)8(16)22(18,19)20/h1,3-5,7-8,13-14,16H,(H,11,15,17)(H2,18,19,20)/p-2/t3-,4+,5-,7+,8?/m0/s1. The Bertz CT molecular complexity index is 727. The fourth-order valence-corrected chi connectivity index (χ4v) is 2.92. The summed E-state index contributed by atoms with van der Waals surface area (Å²) in [6, 6.07) is 0. The molecule has 4 N–H and O–H groups in total. The van der Waals surface area contributed by atoms with Crippen molar-refractivity contribution in [3.63, 3.8) is 0 Å². The molecule has 0 saturated carbocycles. The number of rotatable bonds is 3. The van der Waals surface area contributed by atoms with Crippen molar-refractivity contribution in [1.29, 1.82) is 0 Å². The molecule has 1 aliphatic heterocycles. The van der Waals surface area contributed by atoms with Gasteiger partial charge in [-0.25, -0.2) is 4.79 Å². The molecular formula is C9H10BrN2O9P-2. The predicted molar refractivity (Wildman–Crippen MR) is 68.6 cm³/mol. The third-order valence-electron chi connectivity index (χ3n) is 3.09. The van der Waals surface area contributed by atoms with Gasteiger partial charge < -0.3 is 34.4 Å². The highest BCUT2D eigenvalue weighted by molar-refractivity contribution is 9.10. The van der Waals surface area contributed by atoms with Gasteiger partial charge in [-0.3, -0.25) is 14.3 Å². The molecule has 0 bridgehead atoms. The summed E-state index contributed by atoms with van der Waals surface area (Å²) < 4.78 is 16.3. The van der Waals surface area contributed by atoms with E-state index in [0.717, 1.165) is 6.20 Å². The molecule has 11 nitrogen and oxygen atoms in total. The minimum absolute atomic E-state index is 0.0975. The maximum absolute atomic E-state index is 11.7. The van der Waals surface area contributed by atoms with Crippen LogP contribution in [0.25, 0.3) is 0 Å². The Morgan fingerprint density at radius 3 is 2.50 bits per heavy atom. The van der Waals surface area contributed by atoms with Crippen molar-refractivity contribution in [3.8, 4) is 0 Å². The van der Waals surface area contributed by atoms with E-state index in [1.807, 2.05) is 4.98 Å². The molecule has 1 saturated heterocycles. The van der Waals surface area contributed by atoms with E-state index in [1.165, 1.54) is 0 Å². The lowest BCUT2D eigenvalue weighted by Crippen LogP contribution is -2.42. The topological polar surface area (TPSA) is 188 Å². The van der Waals surface area contributed by atoms with Crippen LogP contribution in [0.1, 0.15) is 6.23 Å². The van der Waals surface area contributed by atoms with Gasteiger partial charge in [0.25, 0.3) is 5.56 Å². The molecule has 22 heavy (non-hydrogen) atoms. The molecule has 2 rings (SSSR count). The van der Waals surface area contributed by atoms with Crippen molar-refractivity contribution in [2.45, 2.75) is 30.4 Å². The van der Waals surface area contributed by atoms with Crippen LogP contribution in [0.4, 0.5) is 0 Å². The average Bonchev–Trinajstić information content (AvgIpc) is 2.69. The molecule has 2 heterocycles. The summed E-state index contributed by atoms with van der Waals surface area (Å²) in [5, 5.41) is 28.9. The maximum Gasteiger partial charge on any atom is 0.330 e. The first kappa shape index (κ1) is 17.5. The quantitative estimate of drug-likeness (QED) is 0.368. The van der Waals surface area contributed by atoms with Gasteiger partial charge in [0.05, 0.1) is 4.47 Å². The highest BCUT2D eigenvalue weighted by atomic mass is 79.9. The molecule has 0 aliphatic carbocycles. The van der Waals surface area contributed by atoms with E-state index in [2.05, 4.69) is 15.9 Å². The van der Waals surface area contributed by atoms with E-state index < -0.39 is 49.2 Å². The normalized spacial score (nSPS) is 30.5. The Hall–Kier alpha value is -0.850. The van der Waals surface area contributed by atoms with Gasteiger partial charge in [0.2, 0.25) is 0 Å². The lowest BCUT2D eigenvalue weighted by Gasteiger charge is -2.38. The van der Waals surface area contributed by atoms with Crippen molar-refractivity contribution in [3.05, 3.63) is 31.5 Å². The zero-order chi connectivity index (χ0) is 16.8. The van der Waals surface area contributed by atoms with Gasteiger partial charge in [0, 0.05) is 6.20 Å². The Kier molecular flexibility index (Phi) is 4.76. The highest BCUT2D eigenvalue weighted by Crippen LogP contribution is 2.40. The molecule has 0 amide bonds. The molecule has 5 atom stereocenters.